The molecule has 3 nitrogen and oxygen atoms in total. The predicted molar refractivity (Wildman–Crippen MR) is 136 cm³/mol. The summed E-state index contributed by atoms with van der Waals surface area (Å²) in [5.41, 5.74) is 3.01. The molecule has 0 fully saturated rings. The zero-order chi connectivity index (χ0) is 22.4. The molecule has 0 aliphatic carbocycles. The first-order chi connectivity index (χ1) is 15.8. The van der Waals surface area contributed by atoms with Crippen molar-refractivity contribution < 1.29 is 9.47 Å². The van der Waals surface area contributed by atoms with E-state index in [1.54, 1.807) is 7.11 Å². The average molecular weight is 432 g/mol. The molecule has 3 heteroatoms. The number of methoxy groups -OCH3 is 1. The molecule has 0 bridgehead atoms. The van der Waals surface area contributed by atoms with Crippen molar-refractivity contribution in [2.45, 2.75) is 64.7 Å². The maximum atomic E-state index is 5.99. The van der Waals surface area contributed by atoms with Crippen LogP contribution in [0, 0.1) is 0 Å². The zero-order valence-corrected chi connectivity index (χ0v) is 19.7. The Morgan fingerprint density at radius 3 is 2.28 bits per heavy atom. The van der Waals surface area contributed by atoms with E-state index in [1.807, 2.05) is 42.5 Å². The highest BCUT2D eigenvalue weighted by molar-refractivity contribution is 5.80. The maximum Gasteiger partial charge on any atom is 0.161 e. The lowest BCUT2D eigenvalue weighted by molar-refractivity contribution is 0.284. The Morgan fingerprint density at radius 1 is 0.750 bits per heavy atom. The normalized spacial score (nSPS) is 11.3. The first-order valence-corrected chi connectivity index (χ1v) is 12.1. The van der Waals surface area contributed by atoms with Crippen LogP contribution in [-0.4, -0.2) is 18.7 Å². The van der Waals surface area contributed by atoms with Gasteiger partial charge in [0.05, 0.1) is 24.9 Å². The highest BCUT2D eigenvalue weighted by Gasteiger charge is 2.05. The SMILES string of the molecule is CCCCCCCCCCCOc1ccc(/C=C/c2ccc3ccccc3n2)cc1OC. The molecule has 0 N–H and O–H groups in total. The van der Waals surface area contributed by atoms with Crippen molar-refractivity contribution in [1.82, 2.24) is 4.98 Å². The van der Waals surface area contributed by atoms with E-state index in [0.717, 1.165) is 46.7 Å². The minimum Gasteiger partial charge on any atom is -0.493 e. The highest BCUT2D eigenvalue weighted by atomic mass is 16.5. The minimum atomic E-state index is 0.738. The van der Waals surface area contributed by atoms with Crippen LogP contribution in [0.2, 0.25) is 0 Å². The van der Waals surface area contributed by atoms with Crippen molar-refractivity contribution in [1.29, 1.82) is 0 Å². The summed E-state index contributed by atoms with van der Waals surface area (Å²) in [6.07, 6.45) is 15.9. The Morgan fingerprint density at radius 2 is 1.50 bits per heavy atom. The van der Waals surface area contributed by atoms with Crippen molar-refractivity contribution in [3.8, 4) is 11.5 Å². The minimum absolute atomic E-state index is 0.738. The Labute approximate surface area is 193 Å². The van der Waals surface area contributed by atoms with E-state index >= 15 is 0 Å². The number of aromatic nitrogens is 1. The molecule has 0 saturated heterocycles. The smallest absolute Gasteiger partial charge is 0.161 e. The summed E-state index contributed by atoms with van der Waals surface area (Å²) >= 11 is 0. The number of benzene rings is 2. The molecule has 32 heavy (non-hydrogen) atoms. The van der Waals surface area contributed by atoms with Crippen LogP contribution in [0.1, 0.15) is 76.0 Å². The van der Waals surface area contributed by atoms with Gasteiger partial charge in [-0.25, -0.2) is 4.98 Å². The van der Waals surface area contributed by atoms with Crippen LogP contribution in [0.4, 0.5) is 0 Å². The van der Waals surface area contributed by atoms with E-state index in [2.05, 4.69) is 31.2 Å². The number of rotatable bonds is 14. The Balaban J connectivity index is 1.45. The van der Waals surface area contributed by atoms with Crippen LogP contribution in [-0.2, 0) is 0 Å². The second kappa shape index (κ2) is 13.6. The van der Waals surface area contributed by atoms with Gasteiger partial charge in [-0.15, -0.1) is 0 Å². The molecule has 0 saturated carbocycles. The monoisotopic (exact) mass is 431 g/mol. The number of nitrogens with zero attached hydrogens (tertiary/aromatic N) is 1. The van der Waals surface area contributed by atoms with Gasteiger partial charge in [0.15, 0.2) is 11.5 Å². The van der Waals surface area contributed by atoms with Crippen LogP contribution >= 0.6 is 0 Å². The topological polar surface area (TPSA) is 31.4 Å². The second-order valence-corrected chi connectivity index (χ2v) is 8.35. The molecule has 0 spiro atoms. The third kappa shape index (κ3) is 7.71. The van der Waals surface area contributed by atoms with E-state index in [1.165, 1.54) is 51.4 Å². The van der Waals surface area contributed by atoms with Crippen LogP contribution in [0.3, 0.4) is 0 Å². The van der Waals surface area contributed by atoms with Crippen LogP contribution in [0.25, 0.3) is 23.1 Å². The first kappa shape index (κ1) is 23.8. The number of para-hydroxylation sites is 1. The number of unbranched alkanes of at least 4 members (excludes halogenated alkanes) is 8. The summed E-state index contributed by atoms with van der Waals surface area (Å²) < 4.78 is 11.6. The third-order valence-electron chi connectivity index (χ3n) is 5.76. The molecule has 3 rings (SSSR count). The molecule has 0 aliphatic heterocycles. The Bertz CT molecular complexity index is 980. The molecule has 1 heterocycles. The van der Waals surface area contributed by atoms with Crippen molar-refractivity contribution in [2.75, 3.05) is 13.7 Å². The van der Waals surface area contributed by atoms with Gasteiger partial charge in [0.2, 0.25) is 0 Å². The van der Waals surface area contributed by atoms with Crippen LogP contribution in [0.5, 0.6) is 11.5 Å². The van der Waals surface area contributed by atoms with Gasteiger partial charge < -0.3 is 9.47 Å². The molecule has 0 aliphatic rings. The Hall–Kier alpha value is -2.81. The lowest BCUT2D eigenvalue weighted by atomic mass is 10.1. The summed E-state index contributed by atoms with van der Waals surface area (Å²) in [4.78, 5) is 4.70. The summed E-state index contributed by atoms with van der Waals surface area (Å²) in [5, 5.41) is 1.15. The lowest BCUT2D eigenvalue weighted by Crippen LogP contribution is -1.99. The summed E-state index contributed by atoms with van der Waals surface area (Å²) in [6, 6.07) is 18.4. The van der Waals surface area contributed by atoms with Gasteiger partial charge in [0.25, 0.3) is 0 Å². The largest absolute Gasteiger partial charge is 0.493 e. The van der Waals surface area contributed by atoms with Crippen molar-refractivity contribution in [3.63, 3.8) is 0 Å². The third-order valence-corrected chi connectivity index (χ3v) is 5.76. The van der Waals surface area contributed by atoms with Gasteiger partial charge in [0.1, 0.15) is 0 Å². The lowest BCUT2D eigenvalue weighted by Gasteiger charge is -2.11. The molecule has 0 atom stereocenters. The van der Waals surface area contributed by atoms with Crippen LogP contribution in [0.15, 0.2) is 54.6 Å². The molecule has 0 radical (unpaired) electrons. The summed E-state index contributed by atoms with van der Waals surface area (Å²) in [6.45, 7) is 3.01. The summed E-state index contributed by atoms with van der Waals surface area (Å²) in [7, 11) is 1.69. The number of hydrogen-bond donors (Lipinski definition) is 0. The number of fused-ring (bicyclic) bond motifs is 1. The van der Waals surface area contributed by atoms with E-state index in [4.69, 9.17) is 14.5 Å². The van der Waals surface area contributed by atoms with Crippen molar-refractivity contribution >= 4 is 23.1 Å². The highest BCUT2D eigenvalue weighted by Crippen LogP contribution is 2.29. The number of ether oxygens (including phenoxy) is 2. The molecule has 3 aromatic rings. The standard InChI is InChI=1S/C29H37NO2/c1-3-4-5-6-7-8-9-10-13-22-32-28-21-17-24(23-29(28)31-2)16-19-26-20-18-25-14-11-12-15-27(25)30-26/h11-12,14-21,23H,3-10,13,22H2,1-2H3/b19-16+. The average Bonchev–Trinajstić information content (AvgIpc) is 2.84. The first-order valence-electron chi connectivity index (χ1n) is 12.1. The van der Waals surface area contributed by atoms with Crippen molar-refractivity contribution in [3.05, 3.63) is 65.9 Å². The van der Waals surface area contributed by atoms with E-state index < -0.39 is 0 Å². The van der Waals surface area contributed by atoms with E-state index in [-0.39, 0.29) is 0 Å². The fourth-order valence-electron chi connectivity index (χ4n) is 3.86. The van der Waals surface area contributed by atoms with Gasteiger partial charge in [0, 0.05) is 5.39 Å². The number of pyridine rings is 1. The molecule has 170 valence electrons. The fraction of sp³-hybridized carbons (Fsp3) is 0.414. The molecule has 1 aromatic heterocycles. The summed E-state index contributed by atoms with van der Waals surface area (Å²) in [5.74, 6) is 1.59. The van der Waals surface area contributed by atoms with E-state index in [0.29, 0.717) is 0 Å². The van der Waals surface area contributed by atoms with Crippen molar-refractivity contribution in [2.24, 2.45) is 0 Å². The second-order valence-electron chi connectivity index (χ2n) is 8.35. The van der Waals surface area contributed by atoms with Crippen LogP contribution < -0.4 is 9.47 Å². The molecular formula is C29H37NO2. The van der Waals surface area contributed by atoms with Gasteiger partial charge in [-0.3, -0.25) is 0 Å². The van der Waals surface area contributed by atoms with Gasteiger partial charge >= 0.3 is 0 Å². The fourth-order valence-corrected chi connectivity index (χ4v) is 3.86. The molecule has 0 amide bonds. The predicted octanol–water partition coefficient (Wildman–Crippen LogP) is 8.32. The number of hydrogen-bond acceptors (Lipinski definition) is 3. The van der Waals surface area contributed by atoms with E-state index in [9.17, 15) is 0 Å². The molecule has 2 aromatic carbocycles. The maximum absolute atomic E-state index is 5.99. The Kier molecular flexibility index (Phi) is 10.1. The van der Waals surface area contributed by atoms with Gasteiger partial charge in [-0.05, 0) is 42.3 Å². The zero-order valence-electron chi connectivity index (χ0n) is 19.7. The molecule has 0 unspecified atom stereocenters. The molecular weight excluding hydrogens is 394 g/mol. The van der Waals surface area contributed by atoms with Gasteiger partial charge in [-0.1, -0.05) is 94.7 Å². The quantitative estimate of drug-likeness (QED) is 0.240. The van der Waals surface area contributed by atoms with Gasteiger partial charge in [-0.2, -0.15) is 0 Å².